The Morgan fingerprint density at radius 1 is 1.30 bits per heavy atom. The quantitative estimate of drug-likeness (QED) is 0.793. The van der Waals surface area contributed by atoms with Gasteiger partial charge in [-0.15, -0.1) is 0 Å². The third-order valence-electron chi connectivity index (χ3n) is 4.57. The van der Waals surface area contributed by atoms with E-state index in [2.05, 4.69) is 30.9 Å². The number of hydrogen-bond acceptors (Lipinski definition) is 3. The molecule has 0 radical (unpaired) electrons. The normalized spacial score (nSPS) is 18.1. The van der Waals surface area contributed by atoms with Crippen LogP contribution in [-0.4, -0.2) is 36.7 Å². The van der Waals surface area contributed by atoms with Crippen LogP contribution in [0.25, 0.3) is 0 Å². The Hall–Kier alpha value is -1.06. The molecular formula is C17H28N2O. The smallest absolute Gasteiger partial charge is 0.118 e. The highest BCUT2D eigenvalue weighted by Crippen LogP contribution is 2.34. The molecule has 0 aromatic heterocycles. The van der Waals surface area contributed by atoms with Crippen LogP contribution in [0.4, 0.5) is 0 Å². The fourth-order valence-electron chi connectivity index (χ4n) is 3.04. The Labute approximate surface area is 123 Å². The first kappa shape index (κ1) is 15.3. The van der Waals surface area contributed by atoms with Gasteiger partial charge in [0.1, 0.15) is 5.75 Å². The molecule has 0 aliphatic heterocycles. The molecule has 0 spiro atoms. The molecule has 1 atom stereocenters. The number of nitrogens with two attached hydrogens (primary N) is 1. The van der Waals surface area contributed by atoms with Crippen molar-refractivity contribution in [1.82, 2.24) is 4.90 Å². The molecule has 1 saturated carbocycles. The van der Waals surface area contributed by atoms with Gasteiger partial charge in [-0.1, -0.05) is 19.1 Å². The number of methoxy groups -OCH3 is 1. The second-order valence-electron chi connectivity index (χ2n) is 6.07. The number of benzene rings is 1. The predicted molar refractivity (Wildman–Crippen MR) is 84.2 cm³/mol. The van der Waals surface area contributed by atoms with Crippen LogP contribution in [-0.2, 0) is 6.42 Å². The average Bonchev–Trinajstić information content (AvgIpc) is 3.31. The van der Waals surface area contributed by atoms with Crippen LogP contribution in [0.3, 0.4) is 0 Å². The average molecular weight is 276 g/mol. The molecule has 2 rings (SSSR count). The van der Waals surface area contributed by atoms with Gasteiger partial charge < -0.3 is 10.5 Å². The SMILES string of the molecule is CCN(C1CC1)C(C)(CN)CCc1ccc(OC)cc1. The van der Waals surface area contributed by atoms with Crippen molar-refractivity contribution >= 4 is 0 Å². The molecule has 1 aliphatic carbocycles. The Morgan fingerprint density at radius 3 is 2.40 bits per heavy atom. The van der Waals surface area contributed by atoms with Gasteiger partial charge in [0.05, 0.1) is 7.11 Å². The van der Waals surface area contributed by atoms with E-state index in [-0.39, 0.29) is 5.54 Å². The lowest BCUT2D eigenvalue weighted by atomic mass is 9.91. The van der Waals surface area contributed by atoms with Crippen LogP contribution in [0.2, 0.25) is 0 Å². The highest BCUT2D eigenvalue weighted by atomic mass is 16.5. The van der Waals surface area contributed by atoms with Gasteiger partial charge in [0, 0.05) is 18.1 Å². The number of likely N-dealkylation sites (N-methyl/N-ethyl adjacent to an activating group) is 1. The molecule has 1 aromatic carbocycles. The number of rotatable bonds is 8. The lowest BCUT2D eigenvalue weighted by molar-refractivity contribution is 0.0990. The molecule has 1 unspecified atom stereocenters. The van der Waals surface area contributed by atoms with E-state index < -0.39 is 0 Å². The van der Waals surface area contributed by atoms with Gasteiger partial charge in [-0.25, -0.2) is 0 Å². The summed E-state index contributed by atoms with van der Waals surface area (Å²) in [6.07, 6.45) is 4.86. The molecule has 0 saturated heterocycles. The summed E-state index contributed by atoms with van der Waals surface area (Å²) in [6.45, 7) is 6.40. The summed E-state index contributed by atoms with van der Waals surface area (Å²) in [5.74, 6) is 0.920. The molecule has 0 amide bonds. The Kier molecular flexibility index (Phi) is 5.06. The second kappa shape index (κ2) is 6.59. The summed E-state index contributed by atoms with van der Waals surface area (Å²) >= 11 is 0. The van der Waals surface area contributed by atoms with Crippen molar-refractivity contribution < 1.29 is 4.74 Å². The van der Waals surface area contributed by atoms with E-state index in [0.29, 0.717) is 0 Å². The monoisotopic (exact) mass is 276 g/mol. The number of aryl methyl sites for hydroxylation is 1. The minimum absolute atomic E-state index is 0.121. The summed E-state index contributed by atoms with van der Waals surface area (Å²) in [6, 6.07) is 9.15. The maximum Gasteiger partial charge on any atom is 0.118 e. The van der Waals surface area contributed by atoms with Crippen molar-refractivity contribution in [1.29, 1.82) is 0 Å². The molecule has 3 nitrogen and oxygen atoms in total. The van der Waals surface area contributed by atoms with Gasteiger partial charge in [-0.05, 0) is 56.8 Å². The molecule has 3 heteroatoms. The molecule has 1 aliphatic rings. The van der Waals surface area contributed by atoms with Crippen molar-refractivity contribution in [3.8, 4) is 5.75 Å². The zero-order valence-electron chi connectivity index (χ0n) is 13.1. The van der Waals surface area contributed by atoms with Crippen molar-refractivity contribution in [2.75, 3.05) is 20.2 Å². The lowest BCUT2D eigenvalue weighted by Gasteiger charge is -2.40. The fraction of sp³-hybridized carbons (Fsp3) is 0.647. The molecule has 0 bridgehead atoms. The van der Waals surface area contributed by atoms with Gasteiger partial charge in [0.2, 0.25) is 0 Å². The Balaban J connectivity index is 1.97. The van der Waals surface area contributed by atoms with Crippen molar-refractivity contribution in [2.24, 2.45) is 5.73 Å². The zero-order chi connectivity index (χ0) is 14.6. The fourth-order valence-corrected chi connectivity index (χ4v) is 3.04. The van der Waals surface area contributed by atoms with Crippen molar-refractivity contribution in [3.05, 3.63) is 29.8 Å². The van der Waals surface area contributed by atoms with Crippen molar-refractivity contribution in [2.45, 2.75) is 51.1 Å². The molecule has 0 heterocycles. The predicted octanol–water partition coefficient (Wildman–Crippen LogP) is 2.83. The van der Waals surface area contributed by atoms with E-state index in [1.165, 1.54) is 18.4 Å². The minimum atomic E-state index is 0.121. The van der Waals surface area contributed by atoms with Crippen LogP contribution >= 0.6 is 0 Å². The first-order valence-corrected chi connectivity index (χ1v) is 7.72. The molecular weight excluding hydrogens is 248 g/mol. The van der Waals surface area contributed by atoms with Gasteiger partial charge in [-0.2, -0.15) is 0 Å². The van der Waals surface area contributed by atoms with E-state index in [1.807, 2.05) is 12.1 Å². The second-order valence-corrected chi connectivity index (χ2v) is 6.07. The highest BCUT2D eigenvalue weighted by molar-refractivity contribution is 5.27. The van der Waals surface area contributed by atoms with Crippen LogP contribution in [0.15, 0.2) is 24.3 Å². The van der Waals surface area contributed by atoms with Gasteiger partial charge >= 0.3 is 0 Å². The third kappa shape index (κ3) is 3.53. The maximum absolute atomic E-state index is 6.10. The molecule has 2 N–H and O–H groups in total. The molecule has 20 heavy (non-hydrogen) atoms. The van der Waals surface area contributed by atoms with Gasteiger partial charge in [0.25, 0.3) is 0 Å². The van der Waals surface area contributed by atoms with E-state index in [0.717, 1.165) is 37.7 Å². The van der Waals surface area contributed by atoms with Gasteiger partial charge in [-0.3, -0.25) is 4.90 Å². The number of ether oxygens (including phenoxy) is 1. The Bertz CT molecular complexity index is 414. The standard InChI is InChI=1S/C17H28N2O/c1-4-19(15-7-8-15)17(2,13-18)12-11-14-5-9-16(20-3)10-6-14/h5-6,9-10,15H,4,7-8,11-13,18H2,1-3H3. The van der Waals surface area contributed by atoms with E-state index >= 15 is 0 Å². The molecule has 1 fully saturated rings. The van der Waals surface area contributed by atoms with E-state index in [4.69, 9.17) is 10.5 Å². The summed E-state index contributed by atoms with van der Waals surface area (Å²) in [4.78, 5) is 2.61. The van der Waals surface area contributed by atoms with Gasteiger partial charge in [0.15, 0.2) is 0 Å². The van der Waals surface area contributed by atoms with E-state index in [1.54, 1.807) is 7.11 Å². The molecule has 1 aromatic rings. The Morgan fingerprint density at radius 2 is 1.95 bits per heavy atom. The van der Waals surface area contributed by atoms with Crippen molar-refractivity contribution in [3.63, 3.8) is 0 Å². The number of hydrogen-bond donors (Lipinski definition) is 1. The third-order valence-corrected chi connectivity index (χ3v) is 4.57. The lowest BCUT2D eigenvalue weighted by Crippen LogP contribution is -2.53. The largest absolute Gasteiger partial charge is 0.497 e. The highest BCUT2D eigenvalue weighted by Gasteiger charge is 2.39. The minimum Gasteiger partial charge on any atom is -0.497 e. The van der Waals surface area contributed by atoms with Crippen LogP contribution in [0, 0.1) is 0 Å². The topological polar surface area (TPSA) is 38.5 Å². The maximum atomic E-state index is 6.10. The van der Waals surface area contributed by atoms with Crippen LogP contribution < -0.4 is 10.5 Å². The first-order valence-electron chi connectivity index (χ1n) is 7.72. The zero-order valence-corrected chi connectivity index (χ0v) is 13.1. The first-order chi connectivity index (χ1) is 9.62. The summed E-state index contributed by atoms with van der Waals surface area (Å²) in [5, 5.41) is 0. The van der Waals surface area contributed by atoms with Crippen LogP contribution in [0.5, 0.6) is 5.75 Å². The van der Waals surface area contributed by atoms with E-state index in [9.17, 15) is 0 Å². The summed E-state index contributed by atoms with van der Waals surface area (Å²) in [5.41, 5.74) is 7.58. The summed E-state index contributed by atoms with van der Waals surface area (Å²) in [7, 11) is 1.70. The summed E-state index contributed by atoms with van der Waals surface area (Å²) < 4.78 is 5.20. The van der Waals surface area contributed by atoms with Crippen LogP contribution in [0.1, 0.15) is 38.7 Å². The molecule has 112 valence electrons. The number of nitrogens with zero attached hydrogens (tertiary/aromatic N) is 1.